The summed E-state index contributed by atoms with van der Waals surface area (Å²) >= 11 is 0. The maximum absolute atomic E-state index is 13.4. The summed E-state index contributed by atoms with van der Waals surface area (Å²) in [5, 5.41) is 3.11. The van der Waals surface area contributed by atoms with Gasteiger partial charge >= 0.3 is 0 Å². The van der Waals surface area contributed by atoms with Crippen molar-refractivity contribution in [1.82, 2.24) is 5.32 Å². The highest BCUT2D eigenvalue weighted by Crippen LogP contribution is 2.23. The Hall–Kier alpha value is -0.960. The van der Waals surface area contributed by atoms with Crippen LogP contribution < -0.4 is 5.32 Å². The molecule has 3 heteroatoms. The van der Waals surface area contributed by atoms with E-state index in [1.807, 2.05) is 7.05 Å². The zero-order valence-electron chi connectivity index (χ0n) is 10.1. The molecular weight excluding hydrogens is 208 g/mol. The molecule has 90 valence electrons. The van der Waals surface area contributed by atoms with Crippen LogP contribution in [-0.4, -0.2) is 13.6 Å². The van der Waals surface area contributed by atoms with E-state index >= 15 is 0 Å². The number of benzene rings is 1. The van der Waals surface area contributed by atoms with Crippen molar-refractivity contribution in [2.45, 2.75) is 26.7 Å². The van der Waals surface area contributed by atoms with Crippen molar-refractivity contribution in [1.29, 1.82) is 0 Å². The highest BCUT2D eigenvalue weighted by atomic mass is 19.1. The lowest BCUT2D eigenvalue weighted by Gasteiger charge is -2.24. The SMILES string of the molecule is CNCC(C)(C)CCc1ccc(F)cc1F. The average molecular weight is 227 g/mol. The van der Waals surface area contributed by atoms with E-state index in [0.29, 0.717) is 12.0 Å². The average Bonchev–Trinajstić information content (AvgIpc) is 2.16. The number of nitrogens with one attached hydrogen (secondary N) is 1. The molecule has 0 radical (unpaired) electrons. The maximum Gasteiger partial charge on any atom is 0.129 e. The first-order valence-electron chi connectivity index (χ1n) is 5.53. The van der Waals surface area contributed by atoms with E-state index in [1.54, 1.807) is 0 Å². The van der Waals surface area contributed by atoms with Gasteiger partial charge in [0, 0.05) is 6.07 Å². The molecule has 0 saturated carbocycles. The van der Waals surface area contributed by atoms with Gasteiger partial charge in [-0.2, -0.15) is 0 Å². The van der Waals surface area contributed by atoms with Gasteiger partial charge in [-0.3, -0.25) is 0 Å². The summed E-state index contributed by atoms with van der Waals surface area (Å²) < 4.78 is 26.0. The second-order valence-corrected chi connectivity index (χ2v) is 4.93. The molecule has 0 heterocycles. The summed E-state index contributed by atoms with van der Waals surface area (Å²) in [7, 11) is 1.90. The summed E-state index contributed by atoms with van der Waals surface area (Å²) in [6.07, 6.45) is 1.51. The summed E-state index contributed by atoms with van der Waals surface area (Å²) in [6, 6.07) is 3.78. The second-order valence-electron chi connectivity index (χ2n) is 4.93. The van der Waals surface area contributed by atoms with Crippen molar-refractivity contribution in [2.24, 2.45) is 5.41 Å². The predicted octanol–water partition coefficient (Wildman–Crippen LogP) is 3.14. The fourth-order valence-corrected chi connectivity index (χ4v) is 1.76. The molecule has 1 aromatic carbocycles. The zero-order valence-corrected chi connectivity index (χ0v) is 10.1. The van der Waals surface area contributed by atoms with Crippen LogP contribution in [0.2, 0.25) is 0 Å². The summed E-state index contributed by atoms with van der Waals surface area (Å²) in [5.41, 5.74) is 0.709. The Bertz CT molecular complexity index is 348. The third kappa shape index (κ3) is 3.89. The van der Waals surface area contributed by atoms with E-state index < -0.39 is 11.6 Å². The number of aryl methyl sites for hydroxylation is 1. The van der Waals surface area contributed by atoms with Gasteiger partial charge in [0.1, 0.15) is 11.6 Å². The number of hydrogen-bond donors (Lipinski definition) is 1. The number of rotatable bonds is 5. The Kier molecular flexibility index (Phi) is 4.42. The quantitative estimate of drug-likeness (QED) is 0.814. The fraction of sp³-hybridized carbons (Fsp3) is 0.538. The van der Waals surface area contributed by atoms with E-state index in [-0.39, 0.29) is 5.41 Å². The molecule has 1 nitrogen and oxygen atoms in total. The van der Waals surface area contributed by atoms with Gasteiger partial charge < -0.3 is 5.32 Å². The van der Waals surface area contributed by atoms with Crippen molar-refractivity contribution < 1.29 is 8.78 Å². The molecule has 1 N–H and O–H groups in total. The van der Waals surface area contributed by atoms with E-state index in [0.717, 1.165) is 19.0 Å². The third-order valence-electron chi connectivity index (χ3n) is 2.74. The molecule has 0 atom stereocenters. The topological polar surface area (TPSA) is 12.0 Å². The minimum atomic E-state index is -0.518. The largest absolute Gasteiger partial charge is 0.319 e. The monoisotopic (exact) mass is 227 g/mol. The Labute approximate surface area is 95.9 Å². The van der Waals surface area contributed by atoms with Gasteiger partial charge in [-0.15, -0.1) is 0 Å². The molecule has 0 saturated heterocycles. The van der Waals surface area contributed by atoms with Crippen LogP contribution in [-0.2, 0) is 6.42 Å². The Morgan fingerprint density at radius 3 is 2.50 bits per heavy atom. The molecule has 0 aliphatic carbocycles. The molecule has 0 amide bonds. The molecule has 1 aromatic rings. The van der Waals surface area contributed by atoms with Gasteiger partial charge in [0.05, 0.1) is 0 Å². The van der Waals surface area contributed by atoms with Gasteiger partial charge in [0.25, 0.3) is 0 Å². The van der Waals surface area contributed by atoms with Crippen LogP contribution in [0, 0.1) is 17.0 Å². The van der Waals surface area contributed by atoms with E-state index in [9.17, 15) is 8.78 Å². The first kappa shape index (κ1) is 13.1. The third-order valence-corrected chi connectivity index (χ3v) is 2.74. The molecule has 16 heavy (non-hydrogen) atoms. The van der Waals surface area contributed by atoms with Crippen molar-refractivity contribution in [3.63, 3.8) is 0 Å². The minimum Gasteiger partial charge on any atom is -0.319 e. The molecule has 0 spiro atoms. The van der Waals surface area contributed by atoms with Crippen LogP contribution in [0.5, 0.6) is 0 Å². The summed E-state index contributed by atoms with van der Waals surface area (Å²) in [5.74, 6) is -0.962. The van der Waals surface area contributed by atoms with Crippen LogP contribution in [0.25, 0.3) is 0 Å². The van der Waals surface area contributed by atoms with Gasteiger partial charge in [0.15, 0.2) is 0 Å². The molecule has 0 aliphatic heterocycles. The molecule has 1 rings (SSSR count). The zero-order chi connectivity index (χ0) is 12.2. The van der Waals surface area contributed by atoms with Crippen LogP contribution >= 0.6 is 0 Å². The molecular formula is C13H19F2N. The molecule has 0 bridgehead atoms. The lowest BCUT2D eigenvalue weighted by molar-refractivity contribution is 0.323. The van der Waals surface area contributed by atoms with Crippen molar-refractivity contribution in [3.05, 3.63) is 35.4 Å². The molecule has 0 unspecified atom stereocenters. The second kappa shape index (κ2) is 5.39. The predicted molar refractivity (Wildman–Crippen MR) is 62.4 cm³/mol. The van der Waals surface area contributed by atoms with Gasteiger partial charge in [-0.1, -0.05) is 19.9 Å². The molecule has 0 aromatic heterocycles. The van der Waals surface area contributed by atoms with Crippen LogP contribution in [0.1, 0.15) is 25.8 Å². The van der Waals surface area contributed by atoms with Gasteiger partial charge in [-0.05, 0) is 43.5 Å². The maximum atomic E-state index is 13.4. The Balaban J connectivity index is 2.61. The van der Waals surface area contributed by atoms with Crippen LogP contribution in [0.3, 0.4) is 0 Å². The number of hydrogen-bond acceptors (Lipinski definition) is 1. The lowest BCUT2D eigenvalue weighted by atomic mass is 9.86. The summed E-state index contributed by atoms with van der Waals surface area (Å²) in [6.45, 7) is 5.14. The highest BCUT2D eigenvalue weighted by Gasteiger charge is 2.17. The van der Waals surface area contributed by atoms with E-state index in [4.69, 9.17) is 0 Å². The normalized spacial score (nSPS) is 11.8. The Morgan fingerprint density at radius 2 is 1.94 bits per heavy atom. The van der Waals surface area contributed by atoms with Crippen molar-refractivity contribution in [3.8, 4) is 0 Å². The fourth-order valence-electron chi connectivity index (χ4n) is 1.76. The molecule has 0 fully saturated rings. The number of halogens is 2. The summed E-state index contributed by atoms with van der Waals surface area (Å²) in [4.78, 5) is 0. The van der Waals surface area contributed by atoms with Gasteiger partial charge in [0.2, 0.25) is 0 Å². The van der Waals surface area contributed by atoms with Crippen LogP contribution in [0.15, 0.2) is 18.2 Å². The standard InChI is InChI=1S/C13H19F2N/c1-13(2,9-16-3)7-6-10-4-5-11(14)8-12(10)15/h4-5,8,16H,6-7,9H2,1-3H3. The highest BCUT2D eigenvalue weighted by molar-refractivity contribution is 5.18. The van der Waals surface area contributed by atoms with E-state index in [2.05, 4.69) is 19.2 Å². The van der Waals surface area contributed by atoms with Crippen molar-refractivity contribution >= 4 is 0 Å². The minimum absolute atomic E-state index is 0.121. The van der Waals surface area contributed by atoms with E-state index in [1.165, 1.54) is 12.1 Å². The van der Waals surface area contributed by atoms with Crippen LogP contribution in [0.4, 0.5) is 8.78 Å². The lowest BCUT2D eigenvalue weighted by Crippen LogP contribution is -2.27. The molecule has 0 aliphatic rings. The smallest absolute Gasteiger partial charge is 0.129 e. The first-order chi connectivity index (χ1) is 7.44. The first-order valence-corrected chi connectivity index (χ1v) is 5.53. The van der Waals surface area contributed by atoms with Crippen molar-refractivity contribution in [2.75, 3.05) is 13.6 Å². The van der Waals surface area contributed by atoms with Gasteiger partial charge in [-0.25, -0.2) is 8.78 Å². The Morgan fingerprint density at radius 1 is 1.25 bits per heavy atom.